The van der Waals surface area contributed by atoms with Crippen LogP contribution in [0.3, 0.4) is 0 Å². The van der Waals surface area contributed by atoms with Crippen LogP contribution in [0.25, 0.3) is 0 Å². The Morgan fingerprint density at radius 1 is 1.12 bits per heavy atom. The molecule has 0 aliphatic carbocycles. The molecule has 1 amide bonds. The number of nitro benzene ring substituents is 1. The summed E-state index contributed by atoms with van der Waals surface area (Å²) in [5, 5.41) is 11.3. The summed E-state index contributed by atoms with van der Waals surface area (Å²) < 4.78 is 5.27. The Bertz CT molecular complexity index is 608. The summed E-state index contributed by atoms with van der Waals surface area (Å²) in [5.41, 5.74) is 1.60. The summed E-state index contributed by atoms with van der Waals surface area (Å²) in [7, 11) is 0. The minimum Gasteiger partial charge on any atom is -0.378 e. The highest BCUT2D eigenvalue weighted by Gasteiger charge is 2.23. The summed E-state index contributed by atoms with van der Waals surface area (Å²) in [4.78, 5) is 27.3. The number of nitro groups is 1. The van der Waals surface area contributed by atoms with Crippen molar-refractivity contribution in [3.8, 4) is 0 Å². The number of anilines is 1. The summed E-state index contributed by atoms with van der Waals surface area (Å²) >= 11 is 0. The molecule has 7 heteroatoms. The molecule has 2 aliphatic heterocycles. The number of amides is 1. The molecule has 2 saturated heterocycles. The van der Waals surface area contributed by atoms with Gasteiger partial charge in [-0.1, -0.05) is 6.07 Å². The first-order chi connectivity index (χ1) is 11.6. The number of benzene rings is 1. The van der Waals surface area contributed by atoms with Crippen LogP contribution in [0.1, 0.15) is 24.8 Å². The number of rotatable bonds is 4. The minimum absolute atomic E-state index is 0.0525. The van der Waals surface area contributed by atoms with E-state index in [1.807, 2.05) is 6.07 Å². The molecule has 7 nitrogen and oxygen atoms in total. The van der Waals surface area contributed by atoms with Crippen molar-refractivity contribution in [3.63, 3.8) is 0 Å². The van der Waals surface area contributed by atoms with Gasteiger partial charge in [-0.05, 0) is 30.9 Å². The van der Waals surface area contributed by atoms with Gasteiger partial charge in [-0.2, -0.15) is 0 Å². The van der Waals surface area contributed by atoms with Crippen molar-refractivity contribution in [2.24, 2.45) is 0 Å². The van der Waals surface area contributed by atoms with E-state index in [0.29, 0.717) is 32.0 Å². The van der Waals surface area contributed by atoms with Crippen LogP contribution < -0.4 is 4.90 Å². The van der Waals surface area contributed by atoms with Gasteiger partial charge in [-0.15, -0.1) is 0 Å². The molecule has 0 radical (unpaired) electrons. The third kappa shape index (κ3) is 3.84. The predicted molar refractivity (Wildman–Crippen MR) is 90.3 cm³/mol. The van der Waals surface area contributed by atoms with Gasteiger partial charge in [0.05, 0.1) is 24.6 Å². The molecular weight excluding hydrogens is 310 g/mol. The summed E-state index contributed by atoms with van der Waals surface area (Å²) in [6, 6.07) is 5.05. The van der Waals surface area contributed by atoms with E-state index < -0.39 is 0 Å². The van der Waals surface area contributed by atoms with Crippen molar-refractivity contribution in [1.82, 2.24) is 4.90 Å². The van der Waals surface area contributed by atoms with Gasteiger partial charge in [0, 0.05) is 32.2 Å². The van der Waals surface area contributed by atoms with E-state index in [4.69, 9.17) is 4.74 Å². The first-order valence-electron chi connectivity index (χ1n) is 8.53. The third-order valence-electron chi connectivity index (χ3n) is 4.65. The van der Waals surface area contributed by atoms with Crippen LogP contribution in [0.4, 0.5) is 11.4 Å². The SMILES string of the molecule is O=C(Cc1ccc([N+](=O)[O-])c(N2CCCCC2)c1)N1CCOCC1. The average molecular weight is 333 g/mol. The molecule has 0 aromatic heterocycles. The zero-order valence-electron chi connectivity index (χ0n) is 13.8. The van der Waals surface area contributed by atoms with E-state index in [-0.39, 0.29) is 22.9 Å². The van der Waals surface area contributed by atoms with E-state index in [1.165, 1.54) is 12.5 Å². The molecule has 2 aliphatic rings. The smallest absolute Gasteiger partial charge is 0.292 e. The molecule has 0 bridgehead atoms. The second-order valence-corrected chi connectivity index (χ2v) is 6.30. The largest absolute Gasteiger partial charge is 0.378 e. The first-order valence-corrected chi connectivity index (χ1v) is 8.53. The fraction of sp³-hybridized carbons (Fsp3) is 0.588. The molecule has 130 valence electrons. The van der Waals surface area contributed by atoms with Crippen LogP contribution >= 0.6 is 0 Å². The van der Waals surface area contributed by atoms with Crippen LogP contribution in [0.5, 0.6) is 0 Å². The van der Waals surface area contributed by atoms with Gasteiger partial charge in [0.1, 0.15) is 5.69 Å². The maximum atomic E-state index is 12.4. The summed E-state index contributed by atoms with van der Waals surface area (Å²) in [6.45, 7) is 4.05. The Labute approximate surface area is 141 Å². The molecule has 1 aromatic carbocycles. The molecule has 0 saturated carbocycles. The standard InChI is InChI=1S/C17H23N3O4/c21-17(19-8-10-24-11-9-19)13-14-4-5-15(20(22)23)16(12-14)18-6-2-1-3-7-18/h4-5,12H,1-3,6-11,13H2. The summed E-state index contributed by atoms with van der Waals surface area (Å²) in [5.74, 6) is 0.0525. The van der Waals surface area contributed by atoms with E-state index in [1.54, 1.807) is 11.0 Å². The molecule has 2 heterocycles. The Morgan fingerprint density at radius 3 is 2.50 bits per heavy atom. The molecular formula is C17H23N3O4. The van der Waals surface area contributed by atoms with Crippen LogP contribution in [0.15, 0.2) is 18.2 Å². The molecule has 24 heavy (non-hydrogen) atoms. The lowest BCUT2D eigenvalue weighted by Crippen LogP contribution is -2.41. The molecule has 0 N–H and O–H groups in total. The number of carbonyl (C=O) groups is 1. The van der Waals surface area contributed by atoms with Crippen molar-refractivity contribution < 1.29 is 14.5 Å². The zero-order valence-corrected chi connectivity index (χ0v) is 13.8. The van der Waals surface area contributed by atoms with E-state index >= 15 is 0 Å². The van der Waals surface area contributed by atoms with Crippen molar-refractivity contribution >= 4 is 17.3 Å². The number of nitrogens with zero attached hydrogens (tertiary/aromatic N) is 3. The first kappa shape index (κ1) is 16.7. The van der Waals surface area contributed by atoms with E-state index in [2.05, 4.69) is 4.90 Å². The number of hydrogen-bond donors (Lipinski definition) is 0. The minimum atomic E-state index is -0.336. The highest BCUT2D eigenvalue weighted by Crippen LogP contribution is 2.31. The molecule has 0 spiro atoms. The Hall–Kier alpha value is -2.15. The van der Waals surface area contributed by atoms with E-state index in [9.17, 15) is 14.9 Å². The monoisotopic (exact) mass is 333 g/mol. The van der Waals surface area contributed by atoms with Crippen LogP contribution in [0, 0.1) is 10.1 Å². The molecule has 2 fully saturated rings. The highest BCUT2D eigenvalue weighted by atomic mass is 16.6. The Morgan fingerprint density at radius 2 is 1.83 bits per heavy atom. The Balaban J connectivity index is 1.78. The van der Waals surface area contributed by atoms with Gasteiger partial charge in [0.2, 0.25) is 5.91 Å². The quantitative estimate of drug-likeness (QED) is 0.622. The van der Waals surface area contributed by atoms with Crippen LogP contribution in [-0.2, 0) is 16.0 Å². The number of morpholine rings is 1. The number of hydrogen-bond acceptors (Lipinski definition) is 5. The van der Waals surface area contributed by atoms with Crippen LogP contribution in [-0.4, -0.2) is 55.1 Å². The van der Waals surface area contributed by atoms with Gasteiger partial charge in [-0.3, -0.25) is 14.9 Å². The number of piperidine rings is 1. The van der Waals surface area contributed by atoms with E-state index in [0.717, 1.165) is 31.5 Å². The molecule has 1 aromatic rings. The van der Waals surface area contributed by atoms with Crippen molar-refractivity contribution in [3.05, 3.63) is 33.9 Å². The van der Waals surface area contributed by atoms with Gasteiger partial charge < -0.3 is 14.5 Å². The van der Waals surface area contributed by atoms with Gasteiger partial charge in [-0.25, -0.2) is 0 Å². The van der Waals surface area contributed by atoms with Crippen molar-refractivity contribution in [2.45, 2.75) is 25.7 Å². The maximum absolute atomic E-state index is 12.4. The number of ether oxygens (including phenoxy) is 1. The zero-order chi connectivity index (χ0) is 16.9. The van der Waals surface area contributed by atoms with Crippen LogP contribution in [0.2, 0.25) is 0 Å². The van der Waals surface area contributed by atoms with Gasteiger partial charge in [0.25, 0.3) is 5.69 Å². The lowest BCUT2D eigenvalue weighted by atomic mass is 10.1. The lowest BCUT2D eigenvalue weighted by Gasteiger charge is -2.29. The average Bonchev–Trinajstić information content (AvgIpc) is 2.63. The fourth-order valence-corrected chi connectivity index (χ4v) is 3.32. The Kier molecular flexibility index (Phi) is 5.30. The second-order valence-electron chi connectivity index (χ2n) is 6.30. The molecule has 0 atom stereocenters. The summed E-state index contributed by atoms with van der Waals surface area (Å²) in [6.07, 6.45) is 3.54. The third-order valence-corrected chi connectivity index (χ3v) is 4.65. The normalized spacial score (nSPS) is 18.5. The van der Waals surface area contributed by atoms with Gasteiger partial charge >= 0.3 is 0 Å². The predicted octanol–water partition coefficient (Wildman–Crippen LogP) is 1.99. The molecule has 3 rings (SSSR count). The second kappa shape index (κ2) is 7.61. The lowest BCUT2D eigenvalue weighted by molar-refractivity contribution is -0.384. The van der Waals surface area contributed by atoms with Gasteiger partial charge in [0.15, 0.2) is 0 Å². The number of carbonyl (C=O) groups excluding carboxylic acids is 1. The van der Waals surface area contributed by atoms with Crippen molar-refractivity contribution in [1.29, 1.82) is 0 Å². The van der Waals surface area contributed by atoms with Crippen molar-refractivity contribution in [2.75, 3.05) is 44.3 Å². The maximum Gasteiger partial charge on any atom is 0.292 e. The fourth-order valence-electron chi connectivity index (χ4n) is 3.32. The topological polar surface area (TPSA) is 75.9 Å². The highest BCUT2D eigenvalue weighted by molar-refractivity contribution is 5.80. The molecule has 0 unspecified atom stereocenters.